The fraction of sp³-hybridized carbons (Fsp3) is 0.409. The summed E-state index contributed by atoms with van der Waals surface area (Å²) < 4.78 is 49.1. The first-order valence-electron chi connectivity index (χ1n) is 9.40. The quantitative estimate of drug-likeness (QED) is 0.667. The van der Waals surface area contributed by atoms with Gasteiger partial charge in [-0.3, -0.25) is 0 Å². The number of carbonyl (C=O) groups excluding carboxylic acids is 1. The molecule has 0 aromatic heterocycles. The molecule has 1 amide bonds. The Morgan fingerprint density at radius 1 is 1.03 bits per heavy atom. The minimum absolute atomic E-state index is 0.159. The van der Waals surface area contributed by atoms with Crippen LogP contribution in [0.1, 0.15) is 43.0 Å². The lowest BCUT2D eigenvalue weighted by atomic mass is 10.00. The normalized spacial score (nSPS) is 14.3. The third-order valence-corrected chi connectivity index (χ3v) is 4.53. The zero-order valence-corrected chi connectivity index (χ0v) is 16.7. The predicted octanol–water partition coefficient (Wildman–Crippen LogP) is 5.58. The highest BCUT2D eigenvalue weighted by atomic mass is 19.4. The number of hydrogen-bond donors (Lipinski definition) is 0. The molecule has 0 atom stereocenters. The minimum Gasteiger partial charge on any atom is -0.489 e. The molecule has 3 rings (SSSR count). The standard InChI is InChI=1S/C22H24F3NO3/c1-21(2,3)29-20(27)26-11-10-16-6-9-19(12-17(16)13-26)28-14-15-4-7-18(8-5-15)22(23,24)25/h4-9,12H,10-11,13-14H2,1-3H3. The van der Waals surface area contributed by atoms with Gasteiger partial charge >= 0.3 is 12.3 Å². The summed E-state index contributed by atoms with van der Waals surface area (Å²) in [6.45, 7) is 6.67. The van der Waals surface area contributed by atoms with Crippen molar-refractivity contribution >= 4 is 6.09 Å². The number of alkyl halides is 3. The Hall–Kier alpha value is -2.70. The first kappa shape index (κ1) is 21.0. The molecule has 0 saturated heterocycles. The second-order valence-electron chi connectivity index (χ2n) is 8.07. The maximum atomic E-state index is 12.6. The van der Waals surface area contributed by atoms with Crippen molar-refractivity contribution in [1.29, 1.82) is 0 Å². The smallest absolute Gasteiger partial charge is 0.416 e. The molecule has 2 aromatic carbocycles. The van der Waals surface area contributed by atoms with Crippen LogP contribution in [-0.2, 0) is 30.5 Å². The van der Waals surface area contributed by atoms with Gasteiger partial charge in [-0.05, 0) is 68.1 Å². The topological polar surface area (TPSA) is 38.8 Å². The first-order chi connectivity index (χ1) is 13.5. The fourth-order valence-electron chi connectivity index (χ4n) is 3.06. The lowest BCUT2D eigenvalue weighted by molar-refractivity contribution is -0.137. The molecule has 0 unspecified atom stereocenters. The van der Waals surface area contributed by atoms with Crippen LogP contribution in [0.3, 0.4) is 0 Å². The van der Waals surface area contributed by atoms with Gasteiger partial charge in [0, 0.05) is 13.1 Å². The molecule has 156 valence electrons. The lowest BCUT2D eigenvalue weighted by Crippen LogP contribution is -2.39. The van der Waals surface area contributed by atoms with Gasteiger partial charge in [0.25, 0.3) is 0 Å². The van der Waals surface area contributed by atoms with E-state index in [1.165, 1.54) is 12.1 Å². The van der Waals surface area contributed by atoms with Crippen molar-refractivity contribution in [3.63, 3.8) is 0 Å². The molecule has 0 bridgehead atoms. The van der Waals surface area contributed by atoms with Crippen molar-refractivity contribution in [2.24, 2.45) is 0 Å². The molecule has 1 aliphatic heterocycles. The average Bonchev–Trinajstić information content (AvgIpc) is 2.64. The minimum atomic E-state index is -4.35. The van der Waals surface area contributed by atoms with Crippen molar-refractivity contribution < 1.29 is 27.4 Å². The Bertz CT molecular complexity index is 870. The van der Waals surface area contributed by atoms with E-state index in [1.807, 2.05) is 39.0 Å². The Morgan fingerprint density at radius 2 is 1.72 bits per heavy atom. The van der Waals surface area contributed by atoms with Gasteiger partial charge in [0.1, 0.15) is 18.0 Å². The second kappa shape index (κ2) is 7.97. The molecular formula is C22H24F3NO3. The van der Waals surface area contributed by atoms with E-state index in [2.05, 4.69) is 0 Å². The van der Waals surface area contributed by atoms with Gasteiger partial charge in [0.05, 0.1) is 5.56 Å². The third-order valence-electron chi connectivity index (χ3n) is 4.53. The number of halogens is 3. The van der Waals surface area contributed by atoms with E-state index in [0.29, 0.717) is 24.4 Å². The zero-order chi connectivity index (χ0) is 21.2. The Kier molecular flexibility index (Phi) is 5.78. The van der Waals surface area contributed by atoms with Gasteiger partial charge in [-0.15, -0.1) is 0 Å². The van der Waals surface area contributed by atoms with E-state index in [-0.39, 0.29) is 12.7 Å². The molecule has 1 aliphatic rings. The molecule has 1 heterocycles. The summed E-state index contributed by atoms with van der Waals surface area (Å²) in [7, 11) is 0. The fourth-order valence-corrected chi connectivity index (χ4v) is 3.06. The van der Waals surface area contributed by atoms with Gasteiger partial charge in [0.2, 0.25) is 0 Å². The van der Waals surface area contributed by atoms with Gasteiger partial charge in [-0.1, -0.05) is 18.2 Å². The van der Waals surface area contributed by atoms with Gasteiger partial charge < -0.3 is 14.4 Å². The summed E-state index contributed by atoms with van der Waals surface area (Å²) in [6, 6.07) is 10.6. The Morgan fingerprint density at radius 3 is 2.34 bits per heavy atom. The molecule has 7 heteroatoms. The first-order valence-corrected chi connectivity index (χ1v) is 9.40. The summed E-state index contributed by atoms with van der Waals surface area (Å²) in [5.74, 6) is 0.606. The number of nitrogens with zero attached hydrogens (tertiary/aromatic N) is 1. The molecule has 2 aromatic rings. The van der Waals surface area contributed by atoms with Crippen LogP contribution in [0.5, 0.6) is 5.75 Å². The summed E-state index contributed by atoms with van der Waals surface area (Å²) in [6.07, 6.45) is -3.97. The summed E-state index contributed by atoms with van der Waals surface area (Å²) in [5.41, 5.74) is 1.53. The number of ether oxygens (including phenoxy) is 2. The molecule has 0 spiro atoms. The van der Waals surface area contributed by atoms with E-state index in [9.17, 15) is 18.0 Å². The molecule has 0 saturated carbocycles. The van der Waals surface area contributed by atoms with E-state index in [4.69, 9.17) is 9.47 Å². The summed E-state index contributed by atoms with van der Waals surface area (Å²) in [5, 5.41) is 0. The van der Waals surface area contributed by atoms with Crippen LogP contribution >= 0.6 is 0 Å². The van der Waals surface area contributed by atoms with Gasteiger partial charge in [0.15, 0.2) is 0 Å². The van der Waals surface area contributed by atoms with Gasteiger partial charge in [-0.25, -0.2) is 4.79 Å². The number of carbonyl (C=O) groups is 1. The van der Waals surface area contributed by atoms with Crippen LogP contribution in [0.4, 0.5) is 18.0 Å². The third kappa shape index (κ3) is 5.65. The SMILES string of the molecule is CC(C)(C)OC(=O)N1CCc2ccc(OCc3ccc(C(F)(F)F)cc3)cc2C1. The van der Waals surface area contributed by atoms with Crippen LogP contribution in [0.25, 0.3) is 0 Å². The highest BCUT2D eigenvalue weighted by molar-refractivity contribution is 5.68. The van der Waals surface area contributed by atoms with E-state index < -0.39 is 17.3 Å². The molecular weight excluding hydrogens is 383 g/mol. The molecule has 29 heavy (non-hydrogen) atoms. The number of rotatable bonds is 3. The average molecular weight is 407 g/mol. The second-order valence-corrected chi connectivity index (χ2v) is 8.07. The molecule has 0 aliphatic carbocycles. The summed E-state index contributed by atoms with van der Waals surface area (Å²) in [4.78, 5) is 14.0. The predicted molar refractivity (Wildman–Crippen MR) is 103 cm³/mol. The molecule has 4 nitrogen and oxygen atoms in total. The van der Waals surface area contributed by atoms with Crippen molar-refractivity contribution in [3.8, 4) is 5.75 Å². The molecule has 0 N–H and O–H groups in total. The van der Waals surface area contributed by atoms with Crippen molar-refractivity contribution in [2.45, 2.75) is 52.1 Å². The monoisotopic (exact) mass is 407 g/mol. The van der Waals surface area contributed by atoms with Crippen LogP contribution < -0.4 is 4.74 Å². The lowest BCUT2D eigenvalue weighted by Gasteiger charge is -2.31. The van der Waals surface area contributed by atoms with Crippen LogP contribution in [0, 0.1) is 0 Å². The van der Waals surface area contributed by atoms with Crippen LogP contribution in [0.15, 0.2) is 42.5 Å². The molecule has 0 fully saturated rings. The van der Waals surface area contributed by atoms with Gasteiger partial charge in [-0.2, -0.15) is 13.2 Å². The zero-order valence-electron chi connectivity index (χ0n) is 16.7. The van der Waals surface area contributed by atoms with E-state index in [0.717, 1.165) is 29.7 Å². The van der Waals surface area contributed by atoms with Crippen molar-refractivity contribution in [3.05, 3.63) is 64.7 Å². The number of hydrogen-bond acceptors (Lipinski definition) is 3. The van der Waals surface area contributed by atoms with Crippen molar-refractivity contribution in [1.82, 2.24) is 4.90 Å². The van der Waals surface area contributed by atoms with Crippen molar-refractivity contribution in [2.75, 3.05) is 6.54 Å². The summed E-state index contributed by atoms with van der Waals surface area (Å²) >= 11 is 0. The Balaban J connectivity index is 1.63. The van der Waals surface area contributed by atoms with E-state index >= 15 is 0 Å². The van der Waals surface area contributed by atoms with Crippen LogP contribution in [-0.4, -0.2) is 23.1 Å². The highest BCUT2D eigenvalue weighted by Gasteiger charge is 2.30. The maximum Gasteiger partial charge on any atom is 0.416 e. The number of fused-ring (bicyclic) bond motifs is 1. The van der Waals surface area contributed by atoms with Crippen LogP contribution in [0.2, 0.25) is 0 Å². The van der Waals surface area contributed by atoms with E-state index in [1.54, 1.807) is 4.90 Å². The number of amides is 1. The Labute approximate surface area is 168 Å². The number of benzene rings is 2. The maximum absolute atomic E-state index is 12.6. The highest BCUT2D eigenvalue weighted by Crippen LogP contribution is 2.29. The molecule has 0 radical (unpaired) electrons. The largest absolute Gasteiger partial charge is 0.489 e.